The molecule has 3 aromatic carbocycles. The number of anilines is 1. The minimum Gasteiger partial charge on any atom is -0.493 e. The molecule has 11 heteroatoms. The first-order valence-electron chi connectivity index (χ1n) is 11.9. The smallest absolute Gasteiger partial charge is 0.329 e. The quantitative estimate of drug-likeness (QED) is 0.190. The second-order valence-electron chi connectivity index (χ2n) is 8.26. The van der Waals surface area contributed by atoms with Gasteiger partial charge in [0.2, 0.25) is 0 Å². The van der Waals surface area contributed by atoms with Crippen molar-refractivity contribution in [3.05, 3.63) is 82.4 Å². The fraction of sp³-hybridized carbons (Fsp3) is 0.214. The van der Waals surface area contributed by atoms with E-state index in [4.69, 9.17) is 25.8 Å². The highest BCUT2D eigenvalue weighted by Gasteiger charge is 2.12. The van der Waals surface area contributed by atoms with Crippen LogP contribution in [0.25, 0.3) is 0 Å². The molecule has 3 rings (SSSR count). The van der Waals surface area contributed by atoms with Crippen molar-refractivity contribution in [1.29, 1.82) is 0 Å². The molecule has 0 aliphatic carbocycles. The third-order valence-electron chi connectivity index (χ3n) is 5.46. The highest BCUT2D eigenvalue weighted by molar-refractivity contribution is 6.35. The minimum absolute atomic E-state index is 0.184. The summed E-state index contributed by atoms with van der Waals surface area (Å²) < 4.78 is 16.0. The SMILES string of the molecule is COc1ccc(CCNC(=O)C(=O)N/N=C\c2ccc(OCC(=O)Nc3cc(Cl)ccc3C)cc2)cc1OC. The molecule has 0 aromatic heterocycles. The van der Waals surface area contributed by atoms with Crippen LogP contribution in [-0.2, 0) is 20.8 Å². The van der Waals surface area contributed by atoms with E-state index in [1.54, 1.807) is 56.7 Å². The summed E-state index contributed by atoms with van der Waals surface area (Å²) in [6.07, 6.45) is 1.88. The Morgan fingerprint density at radius 2 is 1.67 bits per heavy atom. The summed E-state index contributed by atoms with van der Waals surface area (Å²) in [6.45, 7) is 1.93. The van der Waals surface area contributed by atoms with Crippen molar-refractivity contribution in [3.63, 3.8) is 0 Å². The van der Waals surface area contributed by atoms with E-state index in [1.165, 1.54) is 6.21 Å². The molecule has 0 bridgehead atoms. The summed E-state index contributed by atoms with van der Waals surface area (Å²) in [5.41, 5.74) is 5.26. The molecule has 39 heavy (non-hydrogen) atoms. The number of rotatable bonds is 11. The molecule has 0 unspecified atom stereocenters. The first-order chi connectivity index (χ1) is 18.8. The predicted octanol–water partition coefficient (Wildman–Crippen LogP) is 3.49. The lowest BCUT2D eigenvalue weighted by atomic mass is 10.1. The molecule has 0 fully saturated rings. The molecule has 204 valence electrons. The monoisotopic (exact) mass is 552 g/mol. The van der Waals surface area contributed by atoms with Gasteiger partial charge in [-0.25, -0.2) is 5.43 Å². The second-order valence-corrected chi connectivity index (χ2v) is 8.70. The standard InChI is InChI=1S/C28H29ClN4O6/c1-18-4-8-21(29)15-23(18)32-26(34)17-39-22-9-5-20(6-10-22)16-31-33-28(36)27(35)30-13-12-19-7-11-24(37-2)25(14-19)38-3/h4-11,14-16H,12-13,17H2,1-3H3,(H,30,35)(H,32,34)(H,33,36)/b31-16-. The lowest BCUT2D eigenvalue weighted by Gasteiger charge is -2.10. The van der Waals surface area contributed by atoms with Crippen LogP contribution in [0.3, 0.4) is 0 Å². The number of carbonyl (C=O) groups is 3. The van der Waals surface area contributed by atoms with Crippen LogP contribution in [0.1, 0.15) is 16.7 Å². The average molecular weight is 553 g/mol. The van der Waals surface area contributed by atoms with Gasteiger partial charge in [0.05, 0.1) is 20.4 Å². The lowest BCUT2D eigenvalue weighted by Crippen LogP contribution is -2.38. The minimum atomic E-state index is -0.889. The van der Waals surface area contributed by atoms with Crippen molar-refractivity contribution in [2.24, 2.45) is 5.10 Å². The Hall–Kier alpha value is -4.57. The first-order valence-corrected chi connectivity index (χ1v) is 12.3. The van der Waals surface area contributed by atoms with E-state index in [1.807, 2.05) is 25.1 Å². The molecule has 0 aliphatic rings. The van der Waals surface area contributed by atoms with Crippen molar-refractivity contribution in [2.45, 2.75) is 13.3 Å². The second kappa shape index (κ2) is 14.4. The highest BCUT2D eigenvalue weighted by Crippen LogP contribution is 2.27. The van der Waals surface area contributed by atoms with Gasteiger partial charge in [-0.05, 0) is 78.6 Å². The summed E-state index contributed by atoms with van der Waals surface area (Å²) >= 11 is 5.97. The molecular formula is C28H29ClN4O6. The summed E-state index contributed by atoms with van der Waals surface area (Å²) in [6, 6.07) is 17.4. The molecule has 10 nitrogen and oxygen atoms in total. The highest BCUT2D eigenvalue weighted by atomic mass is 35.5. The van der Waals surface area contributed by atoms with Crippen LogP contribution >= 0.6 is 11.6 Å². The molecule has 0 saturated carbocycles. The molecule has 0 saturated heterocycles. The van der Waals surface area contributed by atoms with Gasteiger partial charge in [0.25, 0.3) is 5.91 Å². The average Bonchev–Trinajstić information content (AvgIpc) is 2.94. The van der Waals surface area contributed by atoms with Crippen molar-refractivity contribution >= 4 is 41.2 Å². The van der Waals surface area contributed by atoms with E-state index >= 15 is 0 Å². The zero-order valence-corrected chi connectivity index (χ0v) is 22.5. The summed E-state index contributed by atoms with van der Waals surface area (Å²) in [4.78, 5) is 36.2. The third kappa shape index (κ3) is 9.04. The van der Waals surface area contributed by atoms with E-state index in [0.29, 0.717) is 39.9 Å². The lowest BCUT2D eigenvalue weighted by molar-refractivity contribution is -0.139. The van der Waals surface area contributed by atoms with Crippen LogP contribution in [0.15, 0.2) is 65.8 Å². The van der Waals surface area contributed by atoms with E-state index in [9.17, 15) is 14.4 Å². The Balaban J connectivity index is 1.39. The molecule has 3 N–H and O–H groups in total. The summed E-state index contributed by atoms with van der Waals surface area (Å²) in [5, 5.41) is 9.63. The number of ether oxygens (including phenoxy) is 3. The summed E-state index contributed by atoms with van der Waals surface area (Å²) in [7, 11) is 3.10. The number of carbonyl (C=O) groups excluding carboxylic acids is 3. The van der Waals surface area contributed by atoms with Crippen LogP contribution in [0.5, 0.6) is 17.2 Å². The maximum atomic E-state index is 12.2. The Labute approximate surface area is 231 Å². The number of amides is 3. The summed E-state index contributed by atoms with van der Waals surface area (Å²) in [5.74, 6) is -0.347. The number of halogens is 1. The fourth-order valence-electron chi connectivity index (χ4n) is 3.37. The number of aryl methyl sites for hydroxylation is 1. The van der Waals surface area contributed by atoms with Crippen molar-refractivity contribution in [2.75, 3.05) is 32.7 Å². The molecule has 0 heterocycles. The molecular weight excluding hydrogens is 524 g/mol. The van der Waals surface area contributed by atoms with Gasteiger partial charge in [-0.15, -0.1) is 0 Å². The van der Waals surface area contributed by atoms with E-state index in [-0.39, 0.29) is 19.1 Å². The number of hydrazone groups is 1. The van der Waals surface area contributed by atoms with Gasteiger partial charge in [0, 0.05) is 17.3 Å². The number of nitrogens with zero attached hydrogens (tertiary/aromatic N) is 1. The van der Waals surface area contributed by atoms with E-state index < -0.39 is 11.8 Å². The molecule has 0 radical (unpaired) electrons. The number of nitrogens with one attached hydrogen (secondary N) is 3. The Bertz CT molecular complexity index is 1340. The van der Waals surface area contributed by atoms with Gasteiger partial charge in [0.1, 0.15) is 5.75 Å². The topological polar surface area (TPSA) is 127 Å². The zero-order chi connectivity index (χ0) is 28.2. The molecule has 3 amide bonds. The van der Waals surface area contributed by atoms with E-state index in [2.05, 4.69) is 21.2 Å². The Morgan fingerprint density at radius 1 is 0.923 bits per heavy atom. The maximum Gasteiger partial charge on any atom is 0.329 e. The van der Waals surface area contributed by atoms with Gasteiger partial charge < -0.3 is 24.8 Å². The Morgan fingerprint density at radius 3 is 2.38 bits per heavy atom. The zero-order valence-electron chi connectivity index (χ0n) is 21.7. The fourth-order valence-corrected chi connectivity index (χ4v) is 3.54. The predicted molar refractivity (Wildman–Crippen MR) is 149 cm³/mol. The van der Waals surface area contributed by atoms with E-state index in [0.717, 1.165) is 11.1 Å². The number of hydrogen-bond donors (Lipinski definition) is 3. The number of hydrogen-bond acceptors (Lipinski definition) is 7. The Kier molecular flexibility index (Phi) is 10.7. The van der Waals surface area contributed by atoms with Gasteiger partial charge in [-0.3, -0.25) is 14.4 Å². The molecule has 3 aromatic rings. The van der Waals surface area contributed by atoms with Crippen LogP contribution in [0.2, 0.25) is 5.02 Å². The van der Waals surface area contributed by atoms with Crippen molar-refractivity contribution < 1.29 is 28.6 Å². The molecule has 0 spiro atoms. The van der Waals surface area contributed by atoms with Crippen molar-refractivity contribution in [3.8, 4) is 17.2 Å². The number of benzene rings is 3. The van der Waals surface area contributed by atoms with Gasteiger partial charge in [-0.1, -0.05) is 23.7 Å². The van der Waals surface area contributed by atoms with Crippen LogP contribution in [0, 0.1) is 6.92 Å². The molecule has 0 atom stereocenters. The van der Waals surface area contributed by atoms with Gasteiger partial charge in [-0.2, -0.15) is 5.10 Å². The molecule has 0 aliphatic heterocycles. The third-order valence-corrected chi connectivity index (χ3v) is 5.69. The van der Waals surface area contributed by atoms with Crippen molar-refractivity contribution in [1.82, 2.24) is 10.7 Å². The van der Waals surface area contributed by atoms with Gasteiger partial charge >= 0.3 is 11.8 Å². The first kappa shape index (κ1) is 29.0. The number of methoxy groups -OCH3 is 2. The normalized spacial score (nSPS) is 10.6. The maximum absolute atomic E-state index is 12.2. The van der Waals surface area contributed by atoms with Crippen LogP contribution in [-0.4, -0.2) is 51.3 Å². The largest absolute Gasteiger partial charge is 0.493 e. The van der Waals surface area contributed by atoms with Crippen LogP contribution < -0.4 is 30.3 Å². The van der Waals surface area contributed by atoms with Gasteiger partial charge in [0.15, 0.2) is 18.1 Å². The van der Waals surface area contributed by atoms with Crippen LogP contribution in [0.4, 0.5) is 5.69 Å².